The van der Waals surface area contributed by atoms with Gasteiger partial charge in [-0.25, -0.2) is 8.42 Å². The zero-order valence-electron chi connectivity index (χ0n) is 13.0. The summed E-state index contributed by atoms with van der Waals surface area (Å²) in [5, 5.41) is 2.38. The normalized spacial score (nSPS) is 16.0. The summed E-state index contributed by atoms with van der Waals surface area (Å²) in [6.45, 7) is 2.41. The fourth-order valence-electron chi connectivity index (χ4n) is 2.52. The Labute approximate surface area is 135 Å². The van der Waals surface area contributed by atoms with Crippen molar-refractivity contribution in [3.8, 4) is 0 Å². The third kappa shape index (κ3) is 4.08. The molecule has 1 aromatic carbocycles. The summed E-state index contributed by atoms with van der Waals surface area (Å²) >= 11 is 0. The van der Waals surface area contributed by atoms with Crippen LogP contribution in [0.5, 0.6) is 0 Å². The molecule has 1 saturated heterocycles. The van der Waals surface area contributed by atoms with Crippen molar-refractivity contribution in [3.05, 3.63) is 29.3 Å². The minimum absolute atomic E-state index is 0.0919. The average molecular weight is 339 g/mol. The highest BCUT2D eigenvalue weighted by Crippen LogP contribution is 2.22. The van der Waals surface area contributed by atoms with Crippen molar-refractivity contribution in [2.45, 2.75) is 31.1 Å². The molecule has 1 fully saturated rings. The van der Waals surface area contributed by atoms with Gasteiger partial charge in [0, 0.05) is 18.7 Å². The number of carbonyl (C=O) groups excluding carboxylic acids is 2. The van der Waals surface area contributed by atoms with Crippen LogP contribution >= 0.6 is 0 Å². The zero-order chi connectivity index (χ0) is 17.0. The molecule has 1 aliphatic rings. The monoisotopic (exact) mass is 339 g/mol. The molecule has 1 aliphatic heterocycles. The standard InChI is InChI=1S/C15H21N3O4S/c1-11-5-6-12(9-13(11)15(20)17-10-14(16)19)23(21,22)18-7-3-2-4-8-18/h5-6,9H,2-4,7-8,10H2,1H3,(H2,16,19)(H,17,20). The van der Waals surface area contributed by atoms with E-state index in [9.17, 15) is 18.0 Å². The van der Waals surface area contributed by atoms with E-state index in [1.165, 1.54) is 16.4 Å². The minimum atomic E-state index is -3.60. The molecule has 0 aromatic heterocycles. The van der Waals surface area contributed by atoms with Crippen molar-refractivity contribution in [2.24, 2.45) is 5.73 Å². The third-order valence-corrected chi connectivity index (χ3v) is 5.72. The van der Waals surface area contributed by atoms with Crippen molar-refractivity contribution >= 4 is 21.8 Å². The molecule has 1 heterocycles. The van der Waals surface area contributed by atoms with Crippen LogP contribution in [0.2, 0.25) is 0 Å². The van der Waals surface area contributed by atoms with Gasteiger partial charge in [0.2, 0.25) is 15.9 Å². The number of nitrogens with one attached hydrogen (secondary N) is 1. The van der Waals surface area contributed by atoms with Crippen LogP contribution in [0.3, 0.4) is 0 Å². The molecule has 0 aliphatic carbocycles. The van der Waals surface area contributed by atoms with E-state index in [2.05, 4.69) is 5.32 Å². The molecule has 0 atom stereocenters. The molecular weight excluding hydrogens is 318 g/mol. The molecule has 2 amide bonds. The van der Waals surface area contributed by atoms with E-state index < -0.39 is 21.8 Å². The predicted octanol–water partition coefficient (Wildman–Crippen LogP) is 0.385. The van der Waals surface area contributed by atoms with Crippen LogP contribution in [0.25, 0.3) is 0 Å². The van der Waals surface area contributed by atoms with Gasteiger partial charge in [-0.05, 0) is 37.5 Å². The number of aryl methyl sites for hydroxylation is 1. The summed E-state index contributed by atoms with van der Waals surface area (Å²) in [4.78, 5) is 22.9. The fourth-order valence-corrected chi connectivity index (χ4v) is 4.07. The van der Waals surface area contributed by atoms with Crippen LogP contribution in [0.15, 0.2) is 23.1 Å². The van der Waals surface area contributed by atoms with E-state index in [1.807, 2.05) is 0 Å². The second kappa shape index (κ2) is 7.10. The first-order valence-electron chi connectivity index (χ1n) is 7.49. The number of hydrogen-bond acceptors (Lipinski definition) is 4. The molecule has 0 radical (unpaired) electrons. The molecule has 0 spiro atoms. The van der Waals surface area contributed by atoms with Crippen molar-refractivity contribution in [2.75, 3.05) is 19.6 Å². The van der Waals surface area contributed by atoms with E-state index in [4.69, 9.17) is 5.73 Å². The molecule has 3 N–H and O–H groups in total. The first-order valence-corrected chi connectivity index (χ1v) is 8.93. The lowest BCUT2D eigenvalue weighted by Gasteiger charge is -2.26. The highest BCUT2D eigenvalue weighted by atomic mass is 32.2. The van der Waals surface area contributed by atoms with Gasteiger partial charge in [0.05, 0.1) is 11.4 Å². The minimum Gasteiger partial charge on any atom is -0.368 e. The van der Waals surface area contributed by atoms with Crippen LogP contribution in [0.1, 0.15) is 35.2 Å². The molecule has 1 aromatic rings. The summed E-state index contributed by atoms with van der Waals surface area (Å²) in [7, 11) is -3.60. The summed E-state index contributed by atoms with van der Waals surface area (Å²) in [6.07, 6.45) is 2.72. The number of hydrogen-bond donors (Lipinski definition) is 2. The Morgan fingerprint density at radius 2 is 1.87 bits per heavy atom. The number of amides is 2. The average Bonchev–Trinajstić information content (AvgIpc) is 2.53. The van der Waals surface area contributed by atoms with Crippen molar-refractivity contribution in [3.63, 3.8) is 0 Å². The number of primary amides is 1. The van der Waals surface area contributed by atoms with Gasteiger partial charge in [-0.15, -0.1) is 0 Å². The van der Waals surface area contributed by atoms with Crippen LogP contribution < -0.4 is 11.1 Å². The summed E-state index contributed by atoms with van der Waals surface area (Å²) in [6, 6.07) is 4.45. The number of sulfonamides is 1. The Kier molecular flexibility index (Phi) is 5.38. The second-order valence-electron chi connectivity index (χ2n) is 5.59. The molecule has 0 unspecified atom stereocenters. The molecule has 2 rings (SSSR count). The molecular formula is C15H21N3O4S. The Hall–Kier alpha value is -1.93. The van der Waals surface area contributed by atoms with Crippen LogP contribution in [-0.4, -0.2) is 44.2 Å². The third-order valence-electron chi connectivity index (χ3n) is 3.83. The largest absolute Gasteiger partial charge is 0.368 e. The maximum absolute atomic E-state index is 12.7. The quantitative estimate of drug-likeness (QED) is 0.808. The number of nitrogens with zero attached hydrogens (tertiary/aromatic N) is 1. The Morgan fingerprint density at radius 3 is 2.48 bits per heavy atom. The van der Waals surface area contributed by atoms with E-state index in [-0.39, 0.29) is 17.0 Å². The molecule has 8 heteroatoms. The highest BCUT2D eigenvalue weighted by Gasteiger charge is 2.27. The molecule has 0 bridgehead atoms. The number of piperidine rings is 1. The van der Waals surface area contributed by atoms with Gasteiger partial charge >= 0.3 is 0 Å². The SMILES string of the molecule is Cc1ccc(S(=O)(=O)N2CCCCC2)cc1C(=O)NCC(N)=O. The molecule has 7 nitrogen and oxygen atoms in total. The smallest absolute Gasteiger partial charge is 0.252 e. The second-order valence-corrected chi connectivity index (χ2v) is 7.53. The zero-order valence-corrected chi connectivity index (χ0v) is 13.9. The lowest BCUT2D eigenvalue weighted by molar-refractivity contribution is -0.117. The lowest BCUT2D eigenvalue weighted by Crippen LogP contribution is -2.36. The maximum Gasteiger partial charge on any atom is 0.252 e. The van der Waals surface area contributed by atoms with Crippen molar-refractivity contribution in [1.29, 1.82) is 0 Å². The van der Waals surface area contributed by atoms with Crippen molar-refractivity contribution in [1.82, 2.24) is 9.62 Å². The molecule has 0 saturated carbocycles. The first-order chi connectivity index (χ1) is 10.8. The molecule has 23 heavy (non-hydrogen) atoms. The van der Waals surface area contributed by atoms with Gasteiger partial charge in [0.15, 0.2) is 0 Å². The predicted molar refractivity (Wildman–Crippen MR) is 85.3 cm³/mol. The summed E-state index contributed by atoms with van der Waals surface area (Å²) in [5.41, 5.74) is 5.85. The first kappa shape index (κ1) is 17.4. The van der Waals surface area contributed by atoms with Gasteiger partial charge in [-0.1, -0.05) is 12.5 Å². The van der Waals surface area contributed by atoms with E-state index in [1.54, 1.807) is 13.0 Å². The van der Waals surface area contributed by atoms with Gasteiger partial charge in [0.25, 0.3) is 5.91 Å². The summed E-state index contributed by atoms with van der Waals surface area (Å²) < 4.78 is 26.8. The number of benzene rings is 1. The van der Waals surface area contributed by atoms with E-state index >= 15 is 0 Å². The van der Waals surface area contributed by atoms with Crippen molar-refractivity contribution < 1.29 is 18.0 Å². The van der Waals surface area contributed by atoms with Gasteiger partial charge < -0.3 is 11.1 Å². The Morgan fingerprint density at radius 1 is 1.22 bits per heavy atom. The molecule has 126 valence electrons. The summed E-state index contributed by atoms with van der Waals surface area (Å²) in [5.74, 6) is -1.18. The lowest BCUT2D eigenvalue weighted by atomic mass is 10.1. The van der Waals surface area contributed by atoms with Gasteiger partial charge in [-0.2, -0.15) is 4.31 Å². The van der Waals surface area contributed by atoms with Crippen LogP contribution in [0, 0.1) is 6.92 Å². The number of rotatable bonds is 5. The highest BCUT2D eigenvalue weighted by molar-refractivity contribution is 7.89. The van der Waals surface area contributed by atoms with Crippen LogP contribution in [-0.2, 0) is 14.8 Å². The van der Waals surface area contributed by atoms with Crippen LogP contribution in [0.4, 0.5) is 0 Å². The Bertz CT molecular complexity index is 709. The van der Waals surface area contributed by atoms with Gasteiger partial charge in [-0.3, -0.25) is 9.59 Å². The topological polar surface area (TPSA) is 110 Å². The van der Waals surface area contributed by atoms with E-state index in [0.29, 0.717) is 18.7 Å². The fraction of sp³-hybridized carbons (Fsp3) is 0.467. The number of carbonyl (C=O) groups is 2. The van der Waals surface area contributed by atoms with Gasteiger partial charge in [0.1, 0.15) is 0 Å². The number of nitrogens with two attached hydrogens (primary N) is 1. The maximum atomic E-state index is 12.7. The Balaban J connectivity index is 2.28. The van der Waals surface area contributed by atoms with E-state index in [0.717, 1.165) is 19.3 Å².